The van der Waals surface area contributed by atoms with Crippen molar-refractivity contribution < 1.29 is 28.9 Å². The molecule has 1 fully saturated rings. The molecule has 2 amide bonds. The number of carbonyl (C=O) groups is 2. The van der Waals surface area contributed by atoms with E-state index in [1.54, 1.807) is 6.07 Å². The monoisotopic (exact) mass is 557 g/mol. The molecule has 0 aromatic heterocycles. The molecular weight excluding hydrogens is 538 g/mol. The summed E-state index contributed by atoms with van der Waals surface area (Å²) in [7, 11) is 1.38. The minimum atomic E-state index is -0.787. The molecule has 40 heavy (non-hydrogen) atoms. The lowest BCUT2D eigenvalue weighted by Gasteiger charge is -2.13. The maximum atomic E-state index is 13.1. The van der Waals surface area contributed by atoms with Crippen LogP contribution in [0.3, 0.4) is 0 Å². The number of amides is 2. The van der Waals surface area contributed by atoms with E-state index < -0.39 is 32.4 Å². The zero-order valence-corrected chi connectivity index (χ0v) is 21.6. The normalized spacial score (nSPS) is 14.1. The zero-order valence-electron chi connectivity index (χ0n) is 20.8. The molecular formula is C28H19N3O8S. The van der Waals surface area contributed by atoms with Gasteiger partial charge in [0.2, 0.25) is 5.75 Å². The van der Waals surface area contributed by atoms with Crippen LogP contribution in [-0.2, 0) is 11.3 Å². The number of carbonyl (C=O) groups excluding carboxylic acids is 2. The minimum Gasteiger partial charge on any atom is -0.493 e. The number of nitrogens with zero attached hydrogens (tertiary/aromatic N) is 3. The van der Waals surface area contributed by atoms with Crippen LogP contribution in [0.5, 0.6) is 17.2 Å². The Bertz CT molecular complexity index is 1740. The van der Waals surface area contributed by atoms with E-state index in [4.69, 9.17) is 9.47 Å². The van der Waals surface area contributed by atoms with Crippen LogP contribution >= 0.6 is 11.8 Å². The van der Waals surface area contributed by atoms with Crippen LogP contribution < -0.4 is 9.47 Å². The fraction of sp³-hybridized carbons (Fsp3) is 0.0714. The second-order valence-electron chi connectivity index (χ2n) is 8.63. The van der Waals surface area contributed by atoms with Crippen molar-refractivity contribution in [1.29, 1.82) is 0 Å². The summed E-state index contributed by atoms with van der Waals surface area (Å²) in [6, 6.07) is 21.2. The standard InChI is InChI=1S/C28H19N3O8S/c1-38-24-10-7-17(13-25(24)39-23-11-9-21(30(34)35)15-22(23)31(36)37)14-26-27(32)29(28(33)40-26)16-18-6-8-19-4-2-3-5-20(19)12-18/h2-15H,16H2,1H3/b26-14-. The Hall–Kier alpha value is -5.23. The number of hydrogen-bond donors (Lipinski definition) is 0. The first-order chi connectivity index (χ1) is 19.2. The quantitative estimate of drug-likeness (QED) is 0.131. The van der Waals surface area contributed by atoms with Crippen LogP contribution in [0.15, 0.2) is 83.8 Å². The van der Waals surface area contributed by atoms with Gasteiger partial charge in [-0.1, -0.05) is 42.5 Å². The smallest absolute Gasteiger partial charge is 0.318 e. The molecule has 200 valence electrons. The summed E-state index contributed by atoms with van der Waals surface area (Å²) in [4.78, 5) is 48.2. The molecule has 4 aromatic carbocycles. The average molecular weight is 558 g/mol. The number of nitro benzene ring substituents is 2. The molecule has 0 aliphatic carbocycles. The largest absolute Gasteiger partial charge is 0.493 e. The lowest BCUT2D eigenvalue weighted by atomic mass is 10.1. The molecule has 12 heteroatoms. The van der Waals surface area contributed by atoms with E-state index in [1.165, 1.54) is 30.2 Å². The maximum Gasteiger partial charge on any atom is 0.318 e. The van der Waals surface area contributed by atoms with Gasteiger partial charge in [-0.15, -0.1) is 0 Å². The predicted molar refractivity (Wildman–Crippen MR) is 148 cm³/mol. The number of hydrogen-bond acceptors (Lipinski definition) is 9. The molecule has 11 nitrogen and oxygen atoms in total. The summed E-state index contributed by atoms with van der Waals surface area (Å²) in [6.07, 6.45) is 1.52. The molecule has 5 rings (SSSR count). The Morgan fingerprint density at radius 1 is 0.850 bits per heavy atom. The van der Waals surface area contributed by atoms with Crippen molar-refractivity contribution in [2.45, 2.75) is 6.54 Å². The topological polar surface area (TPSA) is 142 Å². The molecule has 0 unspecified atom stereocenters. The highest BCUT2D eigenvalue weighted by Gasteiger charge is 2.35. The van der Waals surface area contributed by atoms with Crippen molar-refractivity contribution >= 4 is 51.1 Å². The van der Waals surface area contributed by atoms with Gasteiger partial charge in [-0.2, -0.15) is 0 Å². The summed E-state index contributed by atoms with van der Waals surface area (Å²) in [5, 5.41) is 24.2. The zero-order chi connectivity index (χ0) is 28.4. The van der Waals surface area contributed by atoms with E-state index in [1.807, 2.05) is 42.5 Å². The van der Waals surface area contributed by atoms with E-state index in [9.17, 15) is 29.8 Å². The van der Waals surface area contributed by atoms with Gasteiger partial charge in [-0.05, 0) is 64.0 Å². The number of methoxy groups -OCH3 is 1. The third-order valence-electron chi connectivity index (χ3n) is 6.08. The molecule has 0 saturated carbocycles. The summed E-state index contributed by atoms with van der Waals surface area (Å²) in [5.41, 5.74) is 0.222. The summed E-state index contributed by atoms with van der Waals surface area (Å²) in [6.45, 7) is 0.119. The second kappa shape index (κ2) is 10.9. The molecule has 1 saturated heterocycles. The maximum absolute atomic E-state index is 13.1. The Labute approximate surface area is 230 Å². The first-order valence-electron chi connectivity index (χ1n) is 11.8. The minimum absolute atomic E-state index is 0.0728. The SMILES string of the molecule is COc1ccc(/C=C2\SC(=O)N(Cc3ccc4ccccc4c3)C2=O)cc1Oc1ccc([N+](=O)[O-])cc1[N+](=O)[O-]. The van der Waals surface area contributed by atoms with Crippen LogP contribution in [0.4, 0.5) is 16.2 Å². The molecule has 0 atom stereocenters. The number of ether oxygens (including phenoxy) is 2. The van der Waals surface area contributed by atoms with Gasteiger partial charge in [0.1, 0.15) is 0 Å². The lowest BCUT2D eigenvalue weighted by molar-refractivity contribution is -0.394. The number of fused-ring (bicyclic) bond motifs is 1. The molecule has 4 aromatic rings. The summed E-state index contributed by atoms with van der Waals surface area (Å²) < 4.78 is 11.0. The number of thioether (sulfide) groups is 1. The molecule has 1 heterocycles. The number of nitro groups is 2. The van der Waals surface area contributed by atoms with Crippen molar-refractivity contribution in [3.8, 4) is 17.2 Å². The Morgan fingerprint density at radius 3 is 2.33 bits per heavy atom. The van der Waals surface area contributed by atoms with Crippen LogP contribution in [0.25, 0.3) is 16.8 Å². The predicted octanol–water partition coefficient (Wildman–Crippen LogP) is 6.69. The molecule has 0 radical (unpaired) electrons. The second-order valence-corrected chi connectivity index (χ2v) is 9.62. The van der Waals surface area contributed by atoms with Crippen molar-refractivity contribution in [2.24, 2.45) is 0 Å². The lowest BCUT2D eigenvalue weighted by Crippen LogP contribution is -2.27. The van der Waals surface area contributed by atoms with Gasteiger partial charge < -0.3 is 9.47 Å². The van der Waals surface area contributed by atoms with Gasteiger partial charge >= 0.3 is 5.69 Å². The Morgan fingerprint density at radius 2 is 1.60 bits per heavy atom. The fourth-order valence-electron chi connectivity index (χ4n) is 4.14. The highest BCUT2D eigenvalue weighted by molar-refractivity contribution is 8.18. The number of non-ortho nitro benzene ring substituents is 1. The van der Waals surface area contributed by atoms with E-state index in [-0.39, 0.29) is 28.7 Å². The van der Waals surface area contributed by atoms with Crippen molar-refractivity contribution in [3.05, 3.63) is 115 Å². The van der Waals surface area contributed by atoms with Gasteiger partial charge in [-0.3, -0.25) is 34.7 Å². The van der Waals surface area contributed by atoms with Crippen molar-refractivity contribution in [3.63, 3.8) is 0 Å². The van der Waals surface area contributed by atoms with E-state index in [0.717, 1.165) is 46.3 Å². The highest BCUT2D eigenvalue weighted by atomic mass is 32.2. The van der Waals surface area contributed by atoms with Gasteiger partial charge in [0.25, 0.3) is 16.8 Å². The summed E-state index contributed by atoms with van der Waals surface area (Å²) in [5.74, 6) is -0.382. The van der Waals surface area contributed by atoms with Crippen LogP contribution in [0, 0.1) is 20.2 Å². The number of imide groups is 1. The van der Waals surface area contributed by atoms with Gasteiger partial charge in [0, 0.05) is 6.07 Å². The molecule has 0 N–H and O–H groups in total. The van der Waals surface area contributed by atoms with E-state index >= 15 is 0 Å². The van der Waals surface area contributed by atoms with E-state index in [2.05, 4.69) is 0 Å². The van der Waals surface area contributed by atoms with Gasteiger partial charge in [0.15, 0.2) is 11.5 Å². The number of rotatable bonds is 8. The van der Waals surface area contributed by atoms with Gasteiger partial charge in [0.05, 0.1) is 34.5 Å². The molecule has 1 aliphatic rings. The summed E-state index contributed by atoms with van der Waals surface area (Å²) >= 11 is 0.803. The van der Waals surface area contributed by atoms with Crippen LogP contribution in [0.2, 0.25) is 0 Å². The fourth-order valence-corrected chi connectivity index (χ4v) is 4.98. The highest BCUT2D eigenvalue weighted by Crippen LogP contribution is 2.40. The average Bonchev–Trinajstić information content (AvgIpc) is 3.20. The van der Waals surface area contributed by atoms with Gasteiger partial charge in [-0.25, -0.2) is 0 Å². The Balaban J connectivity index is 1.40. The third-order valence-corrected chi connectivity index (χ3v) is 6.99. The van der Waals surface area contributed by atoms with Crippen molar-refractivity contribution in [1.82, 2.24) is 4.90 Å². The number of benzene rings is 4. The Kier molecular flexibility index (Phi) is 7.17. The first-order valence-corrected chi connectivity index (χ1v) is 12.6. The van der Waals surface area contributed by atoms with Crippen molar-refractivity contribution in [2.75, 3.05) is 7.11 Å². The van der Waals surface area contributed by atoms with Crippen LogP contribution in [-0.4, -0.2) is 33.0 Å². The third kappa shape index (κ3) is 5.33. The molecule has 0 spiro atoms. The molecule has 0 bridgehead atoms. The molecule has 1 aliphatic heterocycles. The van der Waals surface area contributed by atoms with E-state index in [0.29, 0.717) is 5.56 Å². The van der Waals surface area contributed by atoms with Crippen LogP contribution in [0.1, 0.15) is 11.1 Å². The first kappa shape index (κ1) is 26.4.